The SMILES string of the molecule is Cc1ccc(SC(=O)C[C@@H](O)c2cccc(Oc3ccccc3)c2)cc1. The van der Waals surface area contributed by atoms with Crippen LogP contribution in [0.4, 0.5) is 0 Å². The maximum atomic E-state index is 12.2. The van der Waals surface area contributed by atoms with E-state index < -0.39 is 6.10 Å². The molecular weight excluding hydrogens is 344 g/mol. The Hall–Kier alpha value is -2.56. The first-order valence-electron chi connectivity index (χ1n) is 8.38. The van der Waals surface area contributed by atoms with Gasteiger partial charge in [-0.3, -0.25) is 4.79 Å². The molecule has 1 N–H and O–H groups in total. The van der Waals surface area contributed by atoms with Crippen LogP contribution in [0.25, 0.3) is 0 Å². The number of aryl methyl sites for hydroxylation is 1. The fourth-order valence-electron chi connectivity index (χ4n) is 2.47. The highest BCUT2D eigenvalue weighted by molar-refractivity contribution is 8.13. The van der Waals surface area contributed by atoms with Gasteiger partial charge in [-0.2, -0.15) is 0 Å². The van der Waals surface area contributed by atoms with Crippen molar-refractivity contribution in [2.75, 3.05) is 0 Å². The maximum Gasteiger partial charge on any atom is 0.196 e. The van der Waals surface area contributed by atoms with Crippen LogP contribution in [0.2, 0.25) is 0 Å². The molecule has 132 valence electrons. The van der Waals surface area contributed by atoms with Crippen molar-refractivity contribution in [1.82, 2.24) is 0 Å². The second kappa shape index (κ2) is 8.70. The summed E-state index contributed by atoms with van der Waals surface area (Å²) in [7, 11) is 0. The van der Waals surface area contributed by atoms with Crippen LogP contribution in [-0.2, 0) is 4.79 Å². The molecule has 3 nitrogen and oxygen atoms in total. The van der Waals surface area contributed by atoms with Gasteiger partial charge in [-0.1, -0.05) is 59.8 Å². The second-order valence-corrected chi connectivity index (χ2v) is 7.13. The zero-order chi connectivity index (χ0) is 18.4. The van der Waals surface area contributed by atoms with Crippen LogP contribution in [0.1, 0.15) is 23.7 Å². The fourth-order valence-corrected chi connectivity index (χ4v) is 3.24. The number of carbonyl (C=O) groups is 1. The molecule has 0 fully saturated rings. The molecule has 0 saturated carbocycles. The first kappa shape index (κ1) is 18.2. The molecule has 3 aromatic carbocycles. The number of ether oxygens (including phenoxy) is 1. The first-order valence-corrected chi connectivity index (χ1v) is 9.20. The molecule has 0 bridgehead atoms. The molecule has 1 atom stereocenters. The summed E-state index contributed by atoms with van der Waals surface area (Å²) in [5, 5.41) is 10.3. The molecule has 0 aliphatic carbocycles. The van der Waals surface area contributed by atoms with Crippen molar-refractivity contribution in [3.63, 3.8) is 0 Å². The number of hydrogen-bond acceptors (Lipinski definition) is 4. The molecule has 0 unspecified atom stereocenters. The first-order chi connectivity index (χ1) is 12.6. The van der Waals surface area contributed by atoms with Crippen LogP contribution in [0.15, 0.2) is 83.8 Å². The number of hydrogen-bond donors (Lipinski definition) is 1. The van der Waals surface area contributed by atoms with E-state index in [2.05, 4.69) is 0 Å². The van der Waals surface area contributed by atoms with Gasteiger partial charge in [0, 0.05) is 11.3 Å². The highest BCUT2D eigenvalue weighted by Gasteiger charge is 2.15. The third kappa shape index (κ3) is 5.22. The summed E-state index contributed by atoms with van der Waals surface area (Å²) in [5.74, 6) is 1.36. The van der Waals surface area contributed by atoms with E-state index in [1.165, 1.54) is 0 Å². The Kier molecular flexibility index (Phi) is 6.10. The molecule has 0 saturated heterocycles. The van der Waals surface area contributed by atoms with E-state index in [1.54, 1.807) is 12.1 Å². The van der Waals surface area contributed by atoms with Gasteiger partial charge in [-0.05, 0) is 48.9 Å². The summed E-state index contributed by atoms with van der Waals surface area (Å²) >= 11 is 1.15. The molecule has 4 heteroatoms. The number of carbonyl (C=O) groups excluding carboxylic acids is 1. The number of thioether (sulfide) groups is 1. The minimum absolute atomic E-state index is 0.0489. The van der Waals surface area contributed by atoms with Gasteiger partial charge in [0.1, 0.15) is 11.5 Å². The van der Waals surface area contributed by atoms with E-state index in [9.17, 15) is 9.90 Å². The number of benzene rings is 3. The normalized spacial score (nSPS) is 11.8. The van der Waals surface area contributed by atoms with Gasteiger partial charge in [0.05, 0.1) is 6.10 Å². The quantitative estimate of drug-likeness (QED) is 0.584. The van der Waals surface area contributed by atoms with E-state index in [0.717, 1.165) is 28.0 Å². The zero-order valence-corrected chi connectivity index (χ0v) is 15.3. The molecule has 3 rings (SSSR count). The average molecular weight is 364 g/mol. The number of aliphatic hydroxyl groups is 1. The number of para-hydroxylation sites is 1. The second-order valence-electron chi connectivity index (χ2n) is 5.99. The van der Waals surface area contributed by atoms with E-state index in [4.69, 9.17) is 4.74 Å². The van der Waals surface area contributed by atoms with Crippen molar-refractivity contribution in [3.05, 3.63) is 90.0 Å². The van der Waals surface area contributed by atoms with Gasteiger partial charge < -0.3 is 9.84 Å². The van der Waals surface area contributed by atoms with Crippen molar-refractivity contribution in [2.45, 2.75) is 24.3 Å². The molecule has 0 radical (unpaired) electrons. The summed E-state index contributed by atoms with van der Waals surface area (Å²) in [5.41, 5.74) is 1.81. The van der Waals surface area contributed by atoms with Crippen molar-refractivity contribution < 1.29 is 14.6 Å². The maximum absolute atomic E-state index is 12.2. The highest BCUT2D eigenvalue weighted by atomic mass is 32.2. The van der Waals surface area contributed by atoms with Crippen LogP contribution >= 0.6 is 11.8 Å². The summed E-state index contributed by atoms with van der Waals surface area (Å²) in [6.07, 6.45) is -0.812. The smallest absolute Gasteiger partial charge is 0.196 e. The van der Waals surface area contributed by atoms with Crippen molar-refractivity contribution in [3.8, 4) is 11.5 Å². The van der Waals surface area contributed by atoms with E-state index in [-0.39, 0.29) is 11.5 Å². The highest BCUT2D eigenvalue weighted by Crippen LogP contribution is 2.28. The summed E-state index contributed by atoms with van der Waals surface area (Å²) in [6.45, 7) is 2.00. The molecular formula is C22H20O3S. The van der Waals surface area contributed by atoms with Crippen LogP contribution in [-0.4, -0.2) is 10.2 Å². The third-order valence-electron chi connectivity index (χ3n) is 3.83. The summed E-state index contributed by atoms with van der Waals surface area (Å²) < 4.78 is 5.78. The van der Waals surface area contributed by atoms with Gasteiger partial charge in [0.25, 0.3) is 0 Å². The van der Waals surface area contributed by atoms with Gasteiger partial charge in [-0.15, -0.1) is 0 Å². The van der Waals surface area contributed by atoms with Gasteiger partial charge >= 0.3 is 0 Å². The number of rotatable bonds is 6. The average Bonchev–Trinajstić information content (AvgIpc) is 2.64. The monoisotopic (exact) mass is 364 g/mol. The Bertz CT molecular complexity index is 860. The predicted molar refractivity (Wildman–Crippen MR) is 105 cm³/mol. The van der Waals surface area contributed by atoms with Gasteiger partial charge in [0.2, 0.25) is 0 Å². The summed E-state index contributed by atoms with van der Waals surface area (Å²) in [6, 6.07) is 24.4. The standard InChI is InChI=1S/C22H20O3S/c1-16-10-12-20(13-11-16)26-22(24)15-21(23)17-6-5-9-19(14-17)25-18-7-3-2-4-8-18/h2-14,21,23H,15H2,1H3/t21-/m1/s1. The molecule has 0 aromatic heterocycles. The zero-order valence-electron chi connectivity index (χ0n) is 14.5. The Morgan fingerprint density at radius 1 is 0.962 bits per heavy atom. The Morgan fingerprint density at radius 2 is 1.65 bits per heavy atom. The third-order valence-corrected chi connectivity index (χ3v) is 4.74. The molecule has 0 aliphatic heterocycles. The lowest BCUT2D eigenvalue weighted by Crippen LogP contribution is -2.03. The Morgan fingerprint density at radius 3 is 2.38 bits per heavy atom. The van der Waals surface area contributed by atoms with Crippen LogP contribution in [0.5, 0.6) is 11.5 Å². The molecule has 0 spiro atoms. The van der Waals surface area contributed by atoms with E-state index in [0.29, 0.717) is 11.3 Å². The van der Waals surface area contributed by atoms with E-state index in [1.807, 2.05) is 73.7 Å². The lowest BCUT2D eigenvalue weighted by atomic mass is 10.1. The topological polar surface area (TPSA) is 46.5 Å². The minimum atomic E-state index is -0.861. The molecule has 0 aliphatic rings. The molecule has 0 heterocycles. The number of aliphatic hydroxyl groups excluding tert-OH is 1. The summed E-state index contributed by atoms with van der Waals surface area (Å²) in [4.78, 5) is 13.1. The van der Waals surface area contributed by atoms with Crippen molar-refractivity contribution in [2.24, 2.45) is 0 Å². The van der Waals surface area contributed by atoms with E-state index >= 15 is 0 Å². The minimum Gasteiger partial charge on any atom is -0.457 e. The Balaban J connectivity index is 1.62. The van der Waals surface area contributed by atoms with Gasteiger partial charge in [0.15, 0.2) is 5.12 Å². The largest absolute Gasteiger partial charge is 0.457 e. The van der Waals surface area contributed by atoms with Crippen LogP contribution in [0, 0.1) is 6.92 Å². The lowest BCUT2D eigenvalue weighted by Gasteiger charge is -2.12. The predicted octanol–water partition coefficient (Wildman–Crippen LogP) is 5.53. The molecule has 3 aromatic rings. The van der Waals surface area contributed by atoms with Crippen LogP contribution < -0.4 is 4.74 Å². The van der Waals surface area contributed by atoms with Gasteiger partial charge in [-0.25, -0.2) is 0 Å². The lowest BCUT2D eigenvalue weighted by molar-refractivity contribution is -0.112. The van der Waals surface area contributed by atoms with Crippen LogP contribution in [0.3, 0.4) is 0 Å². The molecule has 0 amide bonds. The fraction of sp³-hybridized carbons (Fsp3) is 0.136. The van der Waals surface area contributed by atoms with Crippen molar-refractivity contribution >= 4 is 16.9 Å². The molecule has 26 heavy (non-hydrogen) atoms. The van der Waals surface area contributed by atoms with Crippen molar-refractivity contribution in [1.29, 1.82) is 0 Å². The Labute approximate surface area is 157 Å².